The molecule has 2 nitrogen and oxygen atoms in total. The zero-order valence-electron chi connectivity index (χ0n) is 12.6. The lowest BCUT2D eigenvalue weighted by molar-refractivity contribution is 0.409. The largest absolute Gasteiger partial charge is 0.497 e. The van der Waals surface area contributed by atoms with Gasteiger partial charge in [-0.2, -0.15) is 0 Å². The van der Waals surface area contributed by atoms with E-state index in [1.54, 1.807) is 19.2 Å². The van der Waals surface area contributed by atoms with Gasteiger partial charge in [-0.05, 0) is 37.9 Å². The summed E-state index contributed by atoms with van der Waals surface area (Å²) in [5.74, 6) is 0.324. The maximum absolute atomic E-state index is 13.9. The molecule has 112 valence electrons. The first-order valence-corrected chi connectivity index (χ1v) is 7.31. The first-order valence-electron chi connectivity index (χ1n) is 7.31. The van der Waals surface area contributed by atoms with E-state index in [0.29, 0.717) is 11.3 Å². The molecule has 0 aromatic heterocycles. The molecule has 2 rings (SSSR count). The number of nitrogens with one attached hydrogen (secondary N) is 1. The molecule has 1 atom stereocenters. The third-order valence-corrected chi connectivity index (χ3v) is 3.61. The number of aryl methyl sites for hydroxylation is 1. The highest BCUT2D eigenvalue weighted by Gasteiger charge is 2.11. The molecule has 0 saturated carbocycles. The second-order valence-corrected chi connectivity index (χ2v) is 5.15. The molecule has 0 radical (unpaired) electrons. The van der Waals surface area contributed by atoms with Crippen LogP contribution in [0.5, 0.6) is 5.75 Å². The average Bonchev–Trinajstić information content (AvgIpc) is 2.52. The van der Waals surface area contributed by atoms with Gasteiger partial charge in [0.25, 0.3) is 0 Å². The van der Waals surface area contributed by atoms with Gasteiger partial charge in [-0.15, -0.1) is 0 Å². The number of ether oxygens (including phenoxy) is 1. The van der Waals surface area contributed by atoms with E-state index < -0.39 is 0 Å². The van der Waals surface area contributed by atoms with E-state index >= 15 is 0 Å². The molecular weight excluding hydrogens is 265 g/mol. The van der Waals surface area contributed by atoms with E-state index in [0.717, 1.165) is 19.4 Å². The van der Waals surface area contributed by atoms with E-state index in [1.165, 1.54) is 11.6 Å². The van der Waals surface area contributed by atoms with Crippen molar-refractivity contribution >= 4 is 0 Å². The minimum atomic E-state index is -0.225. The monoisotopic (exact) mass is 287 g/mol. The minimum absolute atomic E-state index is 0.00770. The van der Waals surface area contributed by atoms with Gasteiger partial charge in [0, 0.05) is 17.7 Å². The lowest BCUT2D eigenvalue weighted by Crippen LogP contribution is -2.21. The van der Waals surface area contributed by atoms with Gasteiger partial charge in [-0.3, -0.25) is 0 Å². The predicted octanol–water partition coefficient (Wildman–Crippen LogP) is 4.12. The van der Waals surface area contributed by atoms with Crippen LogP contribution in [0.1, 0.15) is 30.5 Å². The molecule has 0 aliphatic carbocycles. The third-order valence-electron chi connectivity index (χ3n) is 3.61. The van der Waals surface area contributed by atoms with Crippen molar-refractivity contribution in [2.45, 2.75) is 25.8 Å². The molecule has 0 aliphatic rings. The van der Waals surface area contributed by atoms with E-state index in [9.17, 15) is 4.39 Å². The summed E-state index contributed by atoms with van der Waals surface area (Å²) >= 11 is 0. The molecule has 0 heterocycles. The normalized spacial score (nSPS) is 12.1. The minimum Gasteiger partial charge on any atom is -0.497 e. The third kappa shape index (κ3) is 4.57. The maximum atomic E-state index is 13.9. The molecule has 0 fully saturated rings. The summed E-state index contributed by atoms with van der Waals surface area (Å²) < 4.78 is 19.0. The van der Waals surface area contributed by atoms with E-state index in [4.69, 9.17) is 4.74 Å². The van der Waals surface area contributed by atoms with Gasteiger partial charge >= 0.3 is 0 Å². The van der Waals surface area contributed by atoms with E-state index in [1.807, 2.05) is 13.0 Å². The van der Waals surface area contributed by atoms with Crippen LogP contribution in [0.2, 0.25) is 0 Å². The van der Waals surface area contributed by atoms with Crippen molar-refractivity contribution in [3.05, 3.63) is 65.5 Å². The summed E-state index contributed by atoms with van der Waals surface area (Å²) in [6.45, 7) is 2.84. The first-order chi connectivity index (χ1) is 10.2. The fourth-order valence-corrected chi connectivity index (χ4v) is 2.35. The van der Waals surface area contributed by atoms with Crippen LogP contribution in [0.25, 0.3) is 0 Å². The molecule has 2 aromatic rings. The van der Waals surface area contributed by atoms with Crippen LogP contribution in [0.15, 0.2) is 48.5 Å². The Balaban J connectivity index is 1.80. The Kier molecular flexibility index (Phi) is 5.76. The van der Waals surface area contributed by atoms with Gasteiger partial charge in [-0.1, -0.05) is 36.4 Å². The molecule has 0 spiro atoms. The molecule has 2 aromatic carbocycles. The molecule has 1 unspecified atom stereocenters. The van der Waals surface area contributed by atoms with Gasteiger partial charge < -0.3 is 10.1 Å². The summed E-state index contributed by atoms with van der Waals surface area (Å²) in [7, 11) is 1.54. The molecule has 0 saturated heterocycles. The van der Waals surface area contributed by atoms with Crippen molar-refractivity contribution in [1.29, 1.82) is 0 Å². The first kappa shape index (κ1) is 15.5. The van der Waals surface area contributed by atoms with E-state index in [-0.39, 0.29) is 11.9 Å². The van der Waals surface area contributed by atoms with Crippen molar-refractivity contribution in [3.8, 4) is 5.75 Å². The van der Waals surface area contributed by atoms with Gasteiger partial charge in [0.05, 0.1) is 7.11 Å². The van der Waals surface area contributed by atoms with Crippen LogP contribution in [-0.4, -0.2) is 13.7 Å². The zero-order valence-corrected chi connectivity index (χ0v) is 12.6. The number of rotatable bonds is 7. The lowest BCUT2D eigenvalue weighted by atomic mass is 10.1. The summed E-state index contributed by atoms with van der Waals surface area (Å²) in [4.78, 5) is 0. The fraction of sp³-hybridized carbons (Fsp3) is 0.333. The topological polar surface area (TPSA) is 21.3 Å². The van der Waals surface area contributed by atoms with Gasteiger partial charge in [-0.25, -0.2) is 4.39 Å². The Morgan fingerprint density at radius 2 is 1.90 bits per heavy atom. The van der Waals surface area contributed by atoms with Crippen LogP contribution in [0.3, 0.4) is 0 Å². The Hall–Kier alpha value is -1.87. The van der Waals surface area contributed by atoms with Crippen molar-refractivity contribution in [1.82, 2.24) is 5.32 Å². The van der Waals surface area contributed by atoms with Crippen molar-refractivity contribution in [3.63, 3.8) is 0 Å². The van der Waals surface area contributed by atoms with Gasteiger partial charge in [0.1, 0.15) is 11.6 Å². The molecule has 0 aliphatic heterocycles. The summed E-state index contributed by atoms with van der Waals surface area (Å²) in [5, 5.41) is 3.37. The van der Waals surface area contributed by atoms with Gasteiger partial charge in [0.2, 0.25) is 0 Å². The van der Waals surface area contributed by atoms with Crippen molar-refractivity contribution in [2.75, 3.05) is 13.7 Å². The number of hydrogen-bond donors (Lipinski definition) is 1. The smallest absolute Gasteiger partial charge is 0.131 e. The molecule has 1 N–H and O–H groups in total. The zero-order chi connectivity index (χ0) is 15.1. The average molecular weight is 287 g/mol. The Labute approximate surface area is 126 Å². The molecular formula is C18H22FNO. The predicted molar refractivity (Wildman–Crippen MR) is 84.1 cm³/mol. The Bertz CT molecular complexity index is 556. The summed E-state index contributed by atoms with van der Waals surface area (Å²) in [5.41, 5.74) is 2.01. The quantitative estimate of drug-likeness (QED) is 0.774. The summed E-state index contributed by atoms with van der Waals surface area (Å²) in [6.07, 6.45) is 2.07. The maximum Gasteiger partial charge on any atom is 0.131 e. The van der Waals surface area contributed by atoms with Crippen molar-refractivity contribution < 1.29 is 9.13 Å². The SMILES string of the molecule is COc1ccc(C(C)NCCCc2ccccc2)c(F)c1. The Morgan fingerprint density at radius 3 is 2.57 bits per heavy atom. The molecule has 3 heteroatoms. The number of methoxy groups -OCH3 is 1. The highest BCUT2D eigenvalue weighted by atomic mass is 19.1. The van der Waals surface area contributed by atoms with Crippen LogP contribution in [-0.2, 0) is 6.42 Å². The number of halogens is 1. The Morgan fingerprint density at radius 1 is 1.14 bits per heavy atom. The van der Waals surface area contributed by atoms with Crippen molar-refractivity contribution in [2.24, 2.45) is 0 Å². The second kappa shape index (κ2) is 7.79. The van der Waals surface area contributed by atoms with Crippen LogP contribution < -0.4 is 10.1 Å². The van der Waals surface area contributed by atoms with E-state index in [2.05, 4.69) is 29.6 Å². The summed E-state index contributed by atoms with van der Waals surface area (Å²) in [6, 6.07) is 15.4. The number of benzene rings is 2. The second-order valence-electron chi connectivity index (χ2n) is 5.15. The highest BCUT2D eigenvalue weighted by Crippen LogP contribution is 2.21. The molecule has 0 bridgehead atoms. The van der Waals surface area contributed by atoms with Gasteiger partial charge in [0.15, 0.2) is 0 Å². The van der Waals surface area contributed by atoms with Crippen LogP contribution in [0.4, 0.5) is 4.39 Å². The number of hydrogen-bond acceptors (Lipinski definition) is 2. The fourth-order valence-electron chi connectivity index (χ4n) is 2.35. The highest BCUT2D eigenvalue weighted by molar-refractivity contribution is 5.30. The molecule has 0 amide bonds. The van der Waals surface area contributed by atoms with Crippen LogP contribution in [0, 0.1) is 5.82 Å². The lowest BCUT2D eigenvalue weighted by Gasteiger charge is -2.15. The van der Waals surface area contributed by atoms with Crippen LogP contribution >= 0.6 is 0 Å². The molecule has 21 heavy (non-hydrogen) atoms. The standard InChI is InChI=1S/C18H22FNO/c1-14(17-11-10-16(21-2)13-18(17)19)20-12-6-9-15-7-4-3-5-8-15/h3-5,7-8,10-11,13-14,20H,6,9,12H2,1-2H3.